The number of carbonyl (C=O) groups excluding carboxylic acids is 1. The molecule has 0 saturated carbocycles. The zero-order valence-electron chi connectivity index (χ0n) is 15.8. The van der Waals surface area contributed by atoms with Gasteiger partial charge in [-0.2, -0.15) is 0 Å². The van der Waals surface area contributed by atoms with Crippen molar-refractivity contribution in [3.05, 3.63) is 53.1 Å². The first kappa shape index (κ1) is 19.4. The van der Waals surface area contributed by atoms with E-state index in [0.29, 0.717) is 31.1 Å². The van der Waals surface area contributed by atoms with Gasteiger partial charge in [0.15, 0.2) is 0 Å². The third kappa shape index (κ3) is 4.86. The largest absolute Gasteiger partial charge is 0.495 e. The number of piperazine rings is 1. The van der Waals surface area contributed by atoms with E-state index >= 15 is 0 Å². The lowest BCUT2D eigenvalue weighted by atomic mass is 10.1. The lowest BCUT2D eigenvalue weighted by Crippen LogP contribution is -2.49. The summed E-state index contributed by atoms with van der Waals surface area (Å²) in [4.78, 5) is 16.6. The predicted molar refractivity (Wildman–Crippen MR) is 108 cm³/mol. The van der Waals surface area contributed by atoms with Crippen LogP contribution in [0, 0.1) is 6.92 Å². The minimum absolute atomic E-state index is 0.129. The number of hydrogen-bond donors (Lipinski definition) is 0. The topological polar surface area (TPSA) is 42.0 Å². The van der Waals surface area contributed by atoms with Gasteiger partial charge in [-0.3, -0.25) is 4.79 Å². The molecule has 0 aliphatic carbocycles. The Morgan fingerprint density at radius 1 is 1.11 bits per heavy atom. The van der Waals surface area contributed by atoms with Crippen LogP contribution in [0.2, 0.25) is 5.02 Å². The van der Waals surface area contributed by atoms with E-state index in [1.54, 1.807) is 7.11 Å². The van der Waals surface area contributed by atoms with Crippen LogP contribution in [0.1, 0.15) is 12.0 Å². The fraction of sp³-hybridized carbons (Fsp3) is 0.381. The van der Waals surface area contributed by atoms with Gasteiger partial charge in [0, 0.05) is 37.3 Å². The lowest BCUT2D eigenvalue weighted by molar-refractivity contribution is -0.132. The van der Waals surface area contributed by atoms with E-state index in [1.165, 1.54) is 0 Å². The van der Waals surface area contributed by atoms with E-state index in [0.717, 1.165) is 35.8 Å². The fourth-order valence-electron chi connectivity index (χ4n) is 3.19. The van der Waals surface area contributed by atoms with Crippen molar-refractivity contribution in [2.45, 2.75) is 13.3 Å². The van der Waals surface area contributed by atoms with Gasteiger partial charge in [0.1, 0.15) is 11.5 Å². The van der Waals surface area contributed by atoms with Crippen LogP contribution in [0.5, 0.6) is 11.5 Å². The molecule has 0 bridgehead atoms. The standard InChI is InChI=1S/C21H25ClN2O3/c1-16-14-19(20(26-2)15-18(16)22)23-9-11-24(12-10-23)21(25)8-13-27-17-6-4-3-5-7-17/h3-7,14-15H,8-13H2,1-2H3. The number of rotatable bonds is 6. The zero-order chi connectivity index (χ0) is 19.2. The highest BCUT2D eigenvalue weighted by Crippen LogP contribution is 2.34. The van der Waals surface area contributed by atoms with Crippen LogP contribution in [0.25, 0.3) is 0 Å². The molecule has 0 aromatic heterocycles. The molecule has 1 aliphatic heterocycles. The Kier molecular flexibility index (Phi) is 6.45. The van der Waals surface area contributed by atoms with Gasteiger partial charge in [-0.1, -0.05) is 29.8 Å². The van der Waals surface area contributed by atoms with Crippen LogP contribution in [0.15, 0.2) is 42.5 Å². The number of methoxy groups -OCH3 is 1. The van der Waals surface area contributed by atoms with E-state index in [1.807, 2.05) is 54.3 Å². The maximum absolute atomic E-state index is 12.4. The summed E-state index contributed by atoms with van der Waals surface area (Å²) < 4.78 is 11.1. The van der Waals surface area contributed by atoms with Crippen LogP contribution < -0.4 is 14.4 Å². The molecule has 0 N–H and O–H groups in total. The van der Waals surface area contributed by atoms with Crippen molar-refractivity contribution >= 4 is 23.2 Å². The smallest absolute Gasteiger partial charge is 0.226 e. The van der Waals surface area contributed by atoms with Crippen molar-refractivity contribution in [2.24, 2.45) is 0 Å². The van der Waals surface area contributed by atoms with Crippen LogP contribution in [-0.2, 0) is 4.79 Å². The summed E-state index contributed by atoms with van der Waals surface area (Å²) in [6.07, 6.45) is 0.387. The third-order valence-corrected chi connectivity index (χ3v) is 5.17. The molecule has 1 saturated heterocycles. The zero-order valence-corrected chi connectivity index (χ0v) is 16.5. The fourth-order valence-corrected chi connectivity index (χ4v) is 3.34. The quantitative estimate of drug-likeness (QED) is 0.755. The molecule has 1 aliphatic rings. The highest BCUT2D eigenvalue weighted by molar-refractivity contribution is 6.31. The van der Waals surface area contributed by atoms with E-state index in [-0.39, 0.29) is 5.91 Å². The highest BCUT2D eigenvalue weighted by Gasteiger charge is 2.23. The molecule has 2 aromatic carbocycles. The van der Waals surface area contributed by atoms with Gasteiger partial charge >= 0.3 is 0 Å². The second-order valence-electron chi connectivity index (χ2n) is 6.55. The average molecular weight is 389 g/mol. The van der Waals surface area contributed by atoms with Crippen molar-refractivity contribution in [3.63, 3.8) is 0 Å². The number of hydrogen-bond acceptors (Lipinski definition) is 4. The number of nitrogens with zero attached hydrogens (tertiary/aromatic N) is 2. The summed E-state index contributed by atoms with van der Waals surface area (Å²) in [5, 5.41) is 0.697. The number of ether oxygens (including phenoxy) is 2. The van der Waals surface area contributed by atoms with Gasteiger partial charge < -0.3 is 19.3 Å². The maximum atomic E-state index is 12.4. The molecule has 0 radical (unpaired) electrons. The second-order valence-corrected chi connectivity index (χ2v) is 6.96. The first-order valence-electron chi connectivity index (χ1n) is 9.13. The molecule has 1 amide bonds. The van der Waals surface area contributed by atoms with Gasteiger partial charge in [-0.25, -0.2) is 0 Å². The van der Waals surface area contributed by atoms with Crippen molar-refractivity contribution in [2.75, 3.05) is 44.8 Å². The normalized spacial score (nSPS) is 14.2. The van der Waals surface area contributed by atoms with Crippen LogP contribution in [-0.4, -0.2) is 50.7 Å². The molecule has 144 valence electrons. The molecule has 0 spiro atoms. The summed E-state index contributed by atoms with van der Waals surface area (Å²) in [6.45, 7) is 5.29. The van der Waals surface area contributed by atoms with Crippen LogP contribution in [0.4, 0.5) is 5.69 Å². The number of halogens is 1. The molecule has 3 rings (SSSR count). The molecule has 0 atom stereocenters. The molecule has 1 fully saturated rings. The van der Waals surface area contributed by atoms with Gasteiger partial charge in [0.2, 0.25) is 5.91 Å². The van der Waals surface area contributed by atoms with Gasteiger partial charge in [0.25, 0.3) is 0 Å². The Labute approximate surface area is 165 Å². The first-order chi connectivity index (χ1) is 13.1. The van der Waals surface area contributed by atoms with E-state index < -0.39 is 0 Å². The van der Waals surface area contributed by atoms with Crippen LogP contribution >= 0.6 is 11.6 Å². The number of para-hydroxylation sites is 1. The van der Waals surface area contributed by atoms with Crippen molar-refractivity contribution in [3.8, 4) is 11.5 Å². The van der Waals surface area contributed by atoms with Crippen LogP contribution in [0.3, 0.4) is 0 Å². The molecule has 27 heavy (non-hydrogen) atoms. The minimum atomic E-state index is 0.129. The highest BCUT2D eigenvalue weighted by atomic mass is 35.5. The summed E-state index contributed by atoms with van der Waals surface area (Å²) in [5.74, 6) is 1.69. The molecule has 5 nitrogen and oxygen atoms in total. The Balaban J connectivity index is 1.51. The summed E-state index contributed by atoms with van der Waals surface area (Å²) in [6, 6.07) is 13.5. The van der Waals surface area contributed by atoms with Gasteiger partial charge in [-0.15, -0.1) is 0 Å². The van der Waals surface area contributed by atoms with Crippen molar-refractivity contribution in [1.82, 2.24) is 4.90 Å². The molecular weight excluding hydrogens is 364 g/mol. The number of carbonyl (C=O) groups is 1. The van der Waals surface area contributed by atoms with E-state index in [2.05, 4.69) is 4.90 Å². The van der Waals surface area contributed by atoms with Crippen molar-refractivity contribution in [1.29, 1.82) is 0 Å². The van der Waals surface area contributed by atoms with Gasteiger partial charge in [0.05, 0.1) is 25.8 Å². The summed E-state index contributed by atoms with van der Waals surface area (Å²) in [5.41, 5.74) is 2.04. The average Bonchev–Trinajstić information content (AvgIpc) is 2.70. The van der Waals surface area contributed by atoms with Crippen molar-refractivity contribution < 1.29 is 14.3 Å². The first-order valence-corrected chi connectivity index (χ1v) is 9.51. The van der Waals surface area contributed by atoms with E-state index in [9.17, 15) is 4.79 Å². The molecule has 0 unspecified atom stereocenters. The number of benzene rings is 2. The minimum Gasteiger partial charge on any atom is -0.495 e. The Morgan fingerprint density at radius 2 is 1.81 bits per heavy atom. The number of amides is 1. The molecular formula is C21H25ClN2O3. The second kappa shape index (κ2) is 9.00. The lowest BCUT2D eigenvalue weighted by Gasteiger charge is -2.37. The molecule has 2 aromatic rings. The molecule has 6 heteroatoms. The predicted octanol–water partition coefficient (Wildman–Crippen LogP) is 3.77. The molecule has 1 heterocycles. The third-order valence-electron chi connectivity index (χ3n) is 4.76. The monoisotopic (exact) mass is 388 g/mol. The van der Waals surface area contributed by atoms with E-state index in [4.69, 9.17) is 21.1 Å². The SMILES string of the molecule is COc1cc(Cl)c(C)cc1N1CCN(C(=O)CCOc2ccccc2)CC1. The maximum Gasteiger partial charge on any atom is 0.226 e. The van der Waals surface area contributed by atoms with Gasteiger partial charge in [-0.05, 0) is 30.7 Å². The Bertz CT molecular complexity index is 774. The Morgan fingerprint density at radius 3 is 2.48 bits per heavy atom. The summed E-state index contributed by atoms with van der Waals surface area (Å²) >= 11 is 6.20. The Hall–Kier alpha value is -2.40. The number of aryl methyl sites for hydroxylation is 1. The number of anilines is 1. The summed E-state index contributed by atoms with van der Waals surface area (Å²) in [7, 11) is 1.65.